The lowest BCUT2D eigenvalue weighted by molar-refractivity contribution is -0.0656. The van der Waals surface area contributed by atoms with E-state index in [0.717, 1.165) is 16.5 Å². The minimum Gasteiger partial charge on any atom is -0.350 e. The molecule has 1 fully saturated rings. The Labute approximate surface area is 114 Å². The van der Waals surface area contributed by atoms with Gasteiger partial charge in [-0.2, -0.15) is 4.98 Å². The summed E-state index contributed by atoms with van der Waals surface area (Å²) in [6.45, 7) is 1.10. The summed E-state index contributed by atoms with van der Waals surface area (Å²) in [5.74, 6) is 0.918. The van der Waals surface area contributed by atoms with Gasteiger partial charge in [0, 0.05) is 29.7 Å². The summed E-state index contributed by atoms with van der Waals surface area (Å²) in [7, 11) is 2.00. The van der Waals surface area contributed by atoms with Gasteiger partial charge in [-0.25, -0.2) is 0 Å². The Morgan fingerprint density at radius 3 is 2.85 bits per heavy atom. The molecule has 0 saturated carbocycles. The molecular formula is C14H13N3O3. The molecule has 0 amide bonds. The van der Waals surface area contributed by atoms with Gasteiger partial charge in [-0.3, -0.25) is 0 Å². The predicted octanol–water partition coefficient (Wildman–Crippen LogP) is 2.27. The van der Waals surface area contributed by atoms with Crippen molar-refractivity contribution in [1.29, 1.82) is 0 Å². The molecule has 6 heteroatoms. The van der Waals surface area contributed by atoms with Crippen molar-refractivity contribution in [2.75, 3.05) is 13.2 Å². The average Bonchev–Trinajstić information content (AvgIpc) is 3.17. The van der Waals surface area contributed by atoms with Gasteiger partial charge in [0.15, 0.2) is 0 Å². The van der Waals surface area contributed by atoms with Crippen LogP contribution in [0.15, 0.2) is 35.0 Å². The molecule has 4 rings (SSSR count). The number of ether oxygens (including phenoxy) is 2. The Balaban J connectivity index is 1.79. The molecule has 1 aliphatic heterocycles. The van der Waals surface area contributed by atoms with Crippen molar-refractivity contribution in [3.63, 3.8) is 0 Å². The highest BCUT2D eigenvalue weighted by Gasteiger charge is 2.25. The summed E-state index contributed by atoms with van der Waals surface area (Å²) in [6.07, 6.45) is 1.46. The van der Waals surface area contributed by atoms with Crippen molar-refractivity contribution in [2.24, 2.45) is 7.05 Å². The first-order chi connectivity index (χ1) is 9.83. The van der Waals surface area contributed by atoms with Crippen LogP contribution < -0.4 is 0 Å². The fourth-order valence-electron chi connectivity index (χ4n) is 2.46. The molecular weight excluding hydrogens is 258 g/mol. The molecule has 1 saturated heterocycles. The van der Waals surface area contributed by atoms with Crippen LogP contribution in [0.5, 0.6) is 0 Å². The van der Waals surface area contributed by atoms with Crippen LogP contribution in [0.2, 0.25) is 0 Å². The van der Waals surface area contributed by atoms with E-state index in [9.17, 15) is 0 Å². The molecule has 6 nitrogen and oxygen atoms in total. The molecule has 0 N–H and O–H groups in total. The smallest absolute Gasteiger partial charge is 0.283 e. The van der Waals surface area contributed by atoms with Crippen molar-refractivity contribution >= 4 is 10.9 Å². The maximum atomic E-state index is 5.36. The fourth-order valence-corrected chi connectivity index (χ4v) is 2.46. The Morgan fingerprint density at radius 2 is 2.00 bits per heavy atom. The maximum absolute atomic E-state index is 5.36. The van der Waals surface area contributed by atoms with Gasteiger partial charge in [0.25, 0.3) is 5.89 Å². The Morgan fingerprint density at radius 1 is 1.20 bits per heavy atom. The Kier molecular flexibility index (Phi) is 2.58. The van der Waals surface area contributed by atoms with Gasteiger partial charge in [0.1, 0.15) is 0 Å². The van der Waals surface area contributed by atoms with Crippen molar-refractivity contribution in [3.8, 4) is 11.4 Å². The summed E-state index contributed by atoms with van der Waals surface area (Å²) in [5.41, 5.74) is 2.07. The third-order valence-corrected chi connectivity index (χ3v) is 3.40. The summed E-state index contributed by atoms with van der Waals surface area (Å²) in [6, 6.07) is 8.11. The molecule has 0 radical (unpaired) electrons. The second-order valence-corrected chi connectivity index (χ2v) is 4.70. The highest BCUT2D eigenvalue weighted by molar-refractivity contribution is 5.94. The van der Waals surface area contributed by atoms with E-state index < -0.39 is 6.29 Å². The van der Waals surface area contributed by atoms with Gasteiger partial charge in [-0.1, -0.05) is 23.4 Å². The minimum absolute atomic E-state index is 0.366. The number of para-hydroxylation sites is 1. The molecule has 0 spiro atoms. The van der Waals surface area contributed by atoms with Crippen molar-refractivity contribution in [1.82, 2.24) is 14.7 Å². The SMILES string of the molecule is Cn1cc(-c2noc(C3OCCO3)n2)c2ccccc21. The van der Waals surface area contributed by atoms with E-state index in [-0.39, 0.29) is 0 Å². The molecule has 0 atom stereocenters. The third-order valence-electron chi connectivity index (χ3n) is 3.40. The first-order valence-electron chi connectivity index (χ1n) is 6.44. The summed E-state index contributed by atoms with van der Waals surface area (Å²) in [4.78, 5) is 4.38. The average molecular weight is 271 g/mol. The van der Waals surface area contributed by atoms with Crippen LogP contribution in [0.1, 0.15) is 12.2 Å². The molecule has 102 valence electrons. The summed E-state index contributed by atoms with van der Waals surface area (Å²) < 4.78 is 18.0. The zero-order chi connectivity index (χ0) is 13.5. The third kappa shape index (κ3) is 1.73. The highest BCUT2D eigenvalue weighted by Crippen LogP contribution is 2.30. The Bertz CT molecular complexity index is 756. The number of aromatic nitrogens is 3. The quantitative estimate of drug-likeness (QED) is 0.715. The standard InChI is InChI=1S/C14H13N3O3/c1-17-8-10(9-4-2-3-5-11(9)17)12-15-13(20-16-12)14-18-6-7-19-14/h2-5,8,14H,6-7H2,1H3. The van der Waals surface area contributed by atoms with E-state index >= 15 is 0 Å². The fraction of sp³-hybridized carbons (Fsp3) is 0.286. The van der Waals surface area contributed by atoms with Crippen molar-refractivity contribution in [3.05, 3.63) is 36.4 Å². The van der Waals surface area contributed by atoms with Crippen LogP contribution in [0, 0.1) is 0 Å². The van der Waals surface area contributed by atoms with Crippen LogP contribution in [-0.2, 0) is 16.5 Å². The Hall–Kier alpha value is -2.18. The number of rotatable bonds is 2. The van der Waals surface area contributed by atoms with Crippen LogP contribution in [0.3, 0.4) is 0 Å². The number of aryl methyl sites for hydroxylation is 1. The van der Waals surface area contributed by atoms with Crippen LogP contribution >= 0.6 is 0 Å². The number of hydrogen-bond acceptors (Lipinski definition) is 5. The first-order valence-corrected chi connectivity index (χ1v) is 6.44. The van der Waals surface area contributed by atoms with Gasteiger partial charge in [0.05, 0.1) is 13.2 Å². The number of nitrogens with zero attached hydrogens (tertiary/aromatic N) is 3. The van der Waals surface area contributed by atoms with Crippen LogP contribution in [-0.4, -0.2) is 27.9 Å². The first kappa shape index (κ1) is 11.6. The highest BCUT2D eigenvalue weighted by atomic mass is 16.7. The van der Waals surface area contributed by atoms with Crippen molar-refractivity contribution < 1.29 is 14.0 Å². The molecule has 20 heavy (non-hydrogen) atoms. The molecule has 2 aromatic heterocycles. The number of fused-ring (bicyclic) bond motifs is 1. The number of benzene rings is 1. The van der Waals surface area contributed by atoms with Gasteiger partial charge >= 0.3 is 0 Å². The second kappa shape index (κ2) is 4.43. The molecule has 1 aromatic carbocycles. The molecule has 3 aromatic rings. The lowest BCUT2D eigenvalue weighted by atomic mass is 10.2. The zero-order valence-electron chi connectivity index (χ0n) is 10.9. The second-order valence-electron chi connectivity index (χ2n) is 4.70. The van der Waals surface area contributed by atoms with E-state index in [0.29, 0.717) is 24.9 Å². The van der Waals surface area contributed by atoms with Gasteiger partial charge in [-0.15, -0.1) is 0 Å². The lowest BCUT2D eigenvalue weighted by Gasteiger charge is -2.00. The number of hydrogen-bond donors (Lipinski definition) is 0. The van der Waals surface area contributed by atoms with Gasteiger partial charge in [0.2, 0.25) is 12.1 Å². The maximum Gasteiger partial charge on any atom is 0.283 e. The van der Waals surface area contributed by atoms with Crippen molar-refractivity contribution in [2.45, 2.75) is 6.29 Å². The van der Waals surface area contributed by atoms with E-state index in [2.05, 4.69) is 16.2 Å². The van der Waals surface area contributed by atoms with E-state index in [1.165, 1.54) is 0 Å². The van der Waals surface area contributed by atoms with E-state index in [4.69, 9.17) is 14.0 Å². The molecule has 0 unspecified atom stereocenters. The monoisotopic (exact) mass is 271 g/mol. The molecule has 3 heterocycles. The normalized spacial score (nSPS) is 16.2. The van der Waals surface area contributed by atoms with Gasteiger partial charge < -0.3 is 18.6 Å². The van der Waals surface area contributed by atoms with E-state index in [1.807, 2.05) is 36.0 Å². The summed E-state index contributed by atoms with van der Waals surface area (Å²) in [5, 5.41) is 5.13. The lowest BCUT2D eigenvalue weighted by Crippen LogP contribution is -1.97. The van der Waals surface area contributed by atoms with Gasteiger partial charge in [-0.05, 0) is 6.07 Å². The zero-order valence-corrected chi connectivity index (χ0v) is 10.9. The largest absolute Gasteiger partial charge is 0.350 e. The molecule has 1 aliphatic rings. The predicted molar refractivity (Wildman–Crippen MR) is 70.9 cm³/mol. The van der Waals surface area contributed by atoms with E-state index in [1.54, 1.807) is 0 Å². The molecule has 0 bridgehead atoms. The van der Waals surface area contributed by atoms with Crippen LogP contribution in [0.4, 0.5) is 0 Å². The van der Waals surface area contributed by atoms with Crippen LogP contribution in [0.25, 0.3) is 22.3 Å². The molecule has 0 aliphatic carbocycles. The minimum atomic E-state index is -0.536. The summed E-state index contributed by atoms with van der Waals surface area (Å²) >= 11 is 0. The topological polar surface area (TPSA) is 62.3 Å².